The molecule has 0 aliphatic rings. The van der Waals surface area contributed by atoms with Gasteiger partial charge in [-0.15, -0.1) is 0 Å². The molecule has 1 amide bonds. The molecule has 2 aromatic carbocycles. The molecule has 1 N–H and O–H groups in total. The van der Waals surface area contributed by atoms with E-state index in [9.17, 15) is 22.8 Å². The second-order valence-corrected chi connectivity index (χ2v) is 5.86. The van der Waals surface area contributed by atoms with Gasteiger partial charge in [0.2, 0.25) is 0 Å². The lowest BCUT2D eigenvalue weighted by Gasteiger charge is -2.16. The molecule has 2 rings (SSSR count). The highest BCUT2D eigenvalue weighted by molar-refractivity contribution is 6.33. The quantitative estimate of drug-likeness (QED) is 0.746. The van der Waals surface area contributed by atoms with Crippen molar-refractivity contribution in [3.63, 3.8) is 0 Å². The lowest BCUT2D eigenvalue weighted by Crippen LogP contribution is -2.30. The van der Waals surface area contributed by atoms with Crippen LogP contribution in [-0.2, 0) is 15.7 Å². The van der Waals surface area contributed by atoms with Crippen LogP contribution in [0.3, 0.4) is 0 Å². The van der Waals surface area contributed by atoms with E-state index in [1.165, 1.54) is 38.3 Å². The maximum atomic E-state index is 12.8. The van der Waals surface area contributed by atoms with Crippen molar-refractivity contribution in [1.82, 2.24) is 0 Å². The summed E-state index contributed by atoms with van der Waals surface area (Å²) in [4.78, 5) is 23.6. The number of anilines is 1. The number of ether oxygens (including phenoxy) is 2. The van der Waals surface area contributed by atoms with Crippen molar-refractivity contribution in [2.24, 2.45) is 0 Å². The molecule has 0 aromatic heterocycles. The first-order valence-electron chi connectivity index (χ1n) is 7.64. The summed E-state index contributed by atoms with van der Waals surface area (Å²) in [5, 5.41) is 2.28. The smallest absolute Gasteiger partial charge is 0.416 e. The molecule has 0 radical (unpaired) electrons. The highest BCUT2D eigenvalue weighted by atomic mass is 35.5. The fraction of sp³-hybridized carbons (Fsp3) is 0.222. The third kappa shape index (κ3) is 5.37. The minimum Gasteiger partial charge on any atom is -0.481 e. The Morgan fingerprint density at radius 1 is 1.11 bits per heavy atom. The number of carbonyl (C=O) groups excluding carboxylic acids is 2. The highest BCUT2D eigenvalue weighted by Crippen LogP contribution is 2.33. The molecule has 0 saturated carbocycles. The molecule has 0 spiro atoms. The number of amides is 1. The fourth-order valence-corrected chi connectivity index (χ4v) is 2.24. The van der Waals surface area contributed by atoms with Crippen molar-refractivity contribution in [2.45, 2.75) is 19.2 Å². The Balaban J connectivity index is 2.07. The summed E-state index contributed by atoms with van der Waals surface area (Å²) in [7, 11) is 1.25. The molecule has 27 heavy (non-hydrogen) atoms. The molecular weight excluding hydrogens is 387 g/mol. The summed E-state index contributed by atoms with van der Waals surface area (Å²) >= 11 is 5.85. The average Bonchev–Trinajstić information content (AvgIpc) is 2.62. The molecule has 0 fully saturated rings. The van der Waals surface area contributed by atoms with E-state index < -0.39 is 29.7 Å². The number of rotatable bonds is 5. The minimum absolute atomic E-state index is 0.0361. The zero-order valence-corrected chi connectivity index (χ0v) is 15.0. The van der Waals surface area contributed by atoms with Gasteiger partial charge in [-0.05, 0) is 49.4 Å². The minimum atomic E-state index is -4.56. The summed E-state index contributed by atoms with van der Waals surface area (Å²) in [6.07, 6.45) is -5.59. The van der Waals surface area contributed by atoms with Crippen LogP contribution >= 0.6 is 11.6 Å². The first kappa shape index (κ1) is 20.6. The molecule has 9 heteroatoms. The average molecular weight is 402 g/mol. The highest BCUT2D eigenvalue weighted by Gasteiger charge is 2.31. The van der Waals surface area contributed by atoms with Crippen molar-refractivity contribution in [2.75, 3.05) is 12.4 Å². The van der Waals surface area contributed by atoms with Crippen molar-refractivity contribution >= 4 is 29.2 Å². The summed E-state index contributed by atoms with van der Waals surface area (Å²) in [6.45, 7) is 1.42. The summed E-state index contributed by atoms with van der Waals surface area (Å²) in [5.74, 6) is -0.916. The van der Waals surface area contributed by atoms with Gasteiger partial charge >= 0.3 is 12.1 Å². The maximum Gasteiger partial charge on any atom is 0.416 e. The van der Waals surface area contributed by atoms with Crippen molar-refractivity contribution in [3.05, 3.63) is 58.6 Å². The van der Waals surface area contributed by atoms with E-state index >= 15 is 0 Å². The predicted octanol–water partition coefficient (Wildman–Crippen LogP) is 4.55. The molecule has 1 atom stereocenters. The van der Waals surface area contributed by atoms with Gasteiger partial charge in [0, 0.05) is 0 Å². The summed E-state index contributed by atoms with van der Waals surface area (Å²) in [5.41, 5.74) is -0.806. The van der Waals surface area contributed by atoms with Gasteiger partial charge in [-0.2, -0.15) is 13.2 Å². The Morgan fingerprint density at radius 3 is 2.30 bits per heavy atom. The van der Waals surface area contributed by atoms with E-state index in [0.29, 0.717) is 11.3 Å². The molecule has 0 saturated heterocycles. The van der Waals surface area contributed by atoms with E-state index in [1.54, 1.807) is 0 Å². The Labute approximate surface area is 158 Å². The number of nitrogens with one attached hydrogen (secondary N) is 1. The molecule has 5 nitrogen and oxygen atoms in total. The normalized spacial score (nSPS) is 12.2. The monoisotopic (exact) mass is 401 g/mol. The van der Waals surface area contributed by atoms with Crippen LogP contribution in [0.5, 0.6) is 5.75 Å². The van der Waals surface area contributed by atoms with Crippen molar-refractivity contribution in [3.8, 4) is 5.75 Å². The molecule has 2 aromatic rings. The van der Waals surface area contributed by atoms with Crippen LogP contribution in [0.2, 0.25) is 5.02 Å². The van der Waals surface area contributed by atoms with Gasteiger partial charge in [-0.1, -0.05) is 11.6 Å². The Hall–Kier alpha value is -2.74. The summed E-state index contributed by atoms with van der Waals surface area (Å²) in [6, 6.07) is 8.46. The Bertz CT molecular complexity index is 837. The van der Waals surface area contributed by atoms with Crippen LogP contribution in [0.1, 0.15) is 22.8 Å². The van der Waals surface area contributed by atoms with Gasteiger partial charge in [-0.3, -0.25) is 4.79 Å². The molecule has 0 aliphatic heterocycles. The van der Waals surface area contributed by atoms with Crippen molar-refractivity contribution in [1.29, 1.82) is 0 Å². The van der Waals surface area contributed by atoms with Crippen LogP contribution in [0.15, 0.2) is 42.5 Å². The number of hydrogen-bond acceptors (Lipinski definition) is 4. The molecule has 144 valence electrons. The second kappa shape index (κ2) is 8.30. The number of hydrogen-bond donors (Lipinski definition) is 1. The molecule has 0 bridgehead atoms. The van der Waals surface area contributed by atoms with Gasteiger partial charge in [0.1, 0.15) is 5.75 Å². The van der Waals surface area contributed by atoms with E-state index in [-0.39, 0.29) is 10.7 Å². The first-order chi connectivity index (χ1) is 12.6. The number of methoxy groups -OCH3 is 1. The SMILES string of the molecule is COC(=O)c1ccc(O[C@@H](C)C(=O)Nc2cc(C(F)(F)F)ccc2Cl)cc1. The van der Waals surface area contributed by atoms with Crippen LogP contribution in [0, 0.1) is 0 Å². The lowest BCUT2D eigenvalue weighted by atomic mass is 10.2. The van der Waals surface area contributed by atoms with Gasteiger partial charge in [-0.25, -0.2) is 4.79 Å². The van der Waals surface area contributed by atoms with Gasteiger partial charge in [0.15, 0.2) is 6.10 Å². The standard InChI is InChI=1S/C18H15ClF3NO4/c1-10(27-13-6-3-11(4-7-13)17(25)26-2)16(24)23-15-9-12(18(20,21)22)5-8-14(15)19/h3-10H,1-2H3,(H,23,24)/t10-/m0/s1. The molecule has 0 unspecified atom stereocenters. The van der Waals surface area contributed by atoms with Crippen LogP contribution in [0.4, 0.5) is 18.9 Å². The van der Waals surface area contributed by atoms with Crippen LogP contribution < -0.4 is 10.1 Å². The first-order valence-corrected chi connectivity index (χ1v) is 8.02. The molecule has 0 aliphatic carbocycles. The third-order valence-corrected chi connectivity index (χ3v) is 3.84. The predicted molar refractivity (Wildman–Crippen MR) is 93.0 cm³/mol. The molecular formula is C18H15ClF3NO4. The van der Waals surface area contributed by atoms with E-state index in [1.807, 2.05) is 0 Å². The van der Waals surface area contributed by atoms with Crippen molar-refractivity contribution < 1.29 is 32.2 Å². The second-order valence-electron chi connectivity index (χ2n) is 5.46. The largest absolute Gasteiger partial charge is 0.481 e. The number of halogens is 4. The zero-order chi connectivity index (χ0) is 20.2. The Morgan fingerprint density at radius 2 is 1.74 bits per heavy atom. The van der Waals surface area contributed by atoms with Crippen LogP contribution in [-0.4, -0.2) is 25.1 Å². The van der Waals surface area contributed by atoms with Gasteiger partial charge in [0.25, 0.3) is 5.91 Å². The number of carbonyl (C=O) groups is 2. The maximum absolute atomic E-state index is 12.8. The number of alkyl halides is 3. The van der Waals surface area contributed by atoms with Gasteiger partial charge in [0.05, 0.1) is 28.9 Å². The number of benzene rings is 2. The summed E-state index contributed by atoms with van der Waals surface area (Å²) < 4.78 is 48.3. The topological polar surface area (TPSA) is 64.6 Å². The van der Waals surface area contributed by atoms with Gasteiger partial charge < -0.3 is 14.8 Å². The zero-order valence-electron chi connectivity index (χ0n) is 14.3. The van der Waals surface area contributed by atoms with Crippen LogP contribution in [0.25, 0.3) is 0 Å². The Kier molecular flexibility index (Phi) is 6.32. The fourth-order valence-electron chi connectivity index (χ4n) is 2.08. The van der Waals surface area contributed by atoms with E-state index in [2.05, 4.69) is 10.1 Å². The molecule has 0 heterocycles. The van der Waals surface area contributed by atoms with E-state index in [4.69, 9.17) is 16.3 Å². The lowest BCUT2D eigenvalue weighted by molar-refractivity contribution is -0.137. The third-order valence-electron chi connectivity index (χ3n) is 3.51. The van der Waals surface area contributed by atoms with E-state index in [0.717, 1.165) is 18.2 Å². The number of esters is 1.